The Morgan fingerprint density at radius 1 is 0.946 bits per heavy atom. The van der Waals surface area contributed by atoms with E-state index in [9.17, 15) is 14.7 Å². The van der Waals surface area contributed by atoms with Crippen LogP contribution in [0.1, 0.15) is 29.3 Å². The van der Waals surface area contributed by atoms with Gasteiger partial charge in [-0.3, -0.25) is 0 Å². The van der Waals surface area contributed by atoms with Crippen LogP contribution in [0.2, 0.25) is 0 Å². The van der Waals surface area contributed by atoms with E-state index in [1.807, 2.05) is 91.0 Å². The monoisotopic (exact) mass is 513 g/mol. The summed E-state index contributed by atoms with van der Waals surface area (Å²) in [7, 11) is 1.21. The van der Waals surface area contributed by atoms with Gasteiger partial charge in [0.1, 0.15) is 11.2 Å². The molecule has 1 heterocycles. The predicted octanol–water partition coefficient (Wildman–Crippen LogP) is 3.83. The summed E-state index contributed by atoms with van der Waals surface area (Å²) >= 11 is 1.24. The van der Waals surface area contributed by atoms with E-state index < -0.39 is 29.3 Å². The van der Waals surface area contributed by atoms with Gasteiger partial charge in [-0.05, 0) is 23.6 Å². The second-order valence-corrected chi connectivity index (χ2v) is 8.88. The first kappa shape index (κ1) is 25.7. The third-order valence-corrected chi connectivity index (χ3v) is 6.46. The molecule has 4 aromatic rings. The molecule has 0 radical (unpaired) electrons. The number of benzene rings is 3. The third-order valence-electron chi connectivity index (χ3n) is 5.70. The highest BCUT2D eigenvalue weighted by Crippen LogP contribution is 2.40. The number of hydrogen-bond acceptors (Lipinski definition) is 8. The van der Waals surface area contributed by atoms with Crippen molar-refractivity contribution < 1.29 is 24.2 Å². The molecule has 1 atom stereocenters. The SMILES string of the molecule is BOC(=O)[C@H](C)O/N=C(\C(=O)O)c1csc(NC(c2ccccc2)(c2ccccc2)c2ccccc2)n1. The van der Waals surface area contributed by atoms with Gasteiger partial charge >= 0.3 is 20.0 Å². The first-order valence-electron chi connectivity index (χ1n) is 11.4. The number of nitrogens with zero attached hydrogens (tertiary/aromatic N) is 2. The number of thiazole rings is 1. The summed E-state index contributed by atoms with van der Waals surface area (Å²) < 4.78 is 4.59. The molecule has 0 saturated carbocycles. The van der Waals surface area contributed by atoms with Gasteiger partial charge in [0, 0.05) is 5.38 Å². The highest BCUT2D eigenvalue weighted by Gasteiger charge is 2.37. The van der Waals surface area contributed by atoms with Gasteiger partial charge in [-0.2, -0.15) is 0 Å². The number of rotatable bonds is 10. The minimum atomic E-state index is -1.34. The lowest BCUT2D eigenvalue weighted by molar-refractivity contribution is -0.146. The highest BCUT2D eigenvalue weighted by molar-refractivity contribution is 7.14. The lowest BCUT2D eigenvalue weighted by Gasteiger charge is -2.36. The largest absolute Gasteiger partial charge is 0.541 e. The maximum absolute atomic E-state index is 11.9. The Morgan fingerprint density at radius 3 is 1.86 bits per heavy atom. The van der Waals surface area contributed by atoms with Gasteiger partial charge in [0.2, 0.25) is 11.8 Å². The summed E-state index contributed by atoms with van der Waals surface area (Å²) in [6.45, 7) is 1.41. The molecule has 0 aliphatic carbocycles. The summed E-state index contributed by atoms with van der Waals surface area (Å²) in [5.41, 5.74) is 1.78. The fraction of sp³-hybridized carbons (Fsp3) is 0.111. The summed E-state index contributed by atoms with van der Waals surface area (Å²) in [6.07, 6.45) is -1.07. The van der Waals surface area contributed by atoms with E-state index in [2.05, 4.69) is 20.1 Å². The fourth-order valence-electron chi connectivity index (χ4n) is 3.92. The number of anilines is 1. The van der Waals surface area contributed by atoms with Crippen LogP contribution in [0.5, 0.6) is 0 Å². The van der Waals surface area contributed by atoms with Crippen molar-refractivity contribution in [3.05, 3.63) is 119 Å². The average Bonchev–Trinajstić information content (AvgIpc) is 3.40. The summed E-state index contributed by atoms with van der Waals surface area (Å²) in [5, 5.41) is 19.1. The summed E-state index contributed by atoms with van der Waals surface area (Å²) in [4.78, 5) is 33.1. The first-order chi connectivity index (χ1) is 18.0. The van der Waals surface area contributed by atoms with Gasteiger partial charge in [0.15, 0.2) is 5.13 Å². The van der Waals surface area contributed by atoms with Crippen LogP contribution in [0.4, 0.5) is 5.13 Å². The number of carbonyl (C=O) groups is 2. The highest BCUT2D eigenvalue weighted by atomic mass is 32.1. The molecule has 0 bridgehead atoms. The van der Waals surface area contributed by atoms with Crippen molar-refractivity contribution in [1.29, 1.82) is 0 Å². The van der Waals surface area contributed by atoms with Gasteiger partial charge in [0.25, 0.3) is 0 Å². The topological polar surface area (TPSA) is 110 Å². The molecule has 0 aliphatic rings. The number of carboxylic acids is 1. The number of carbonyl (C=O) groups excluding carboxylic acids is 1. The predicted molar refractivity (Wildman–Crippen MR) is 144 cm³/mol. The van der Waals surface area contributed by atoms with Gasteiger partial charge in [0.05, 0.1) is 0 Å². The summed E-state index contributed by atoms with van der Waals surface area (Å²) in [5.74, 6) is -2.01. The molecule has 2 N–H and O–H groups in total. The molecule has 0 fully saturated rings. The third kappa shape index (κ3) is 5.54. The maximum Gasteiger partial charge on any atom is 0.360 e. The Morgan fingerprint density at radius 2 is 1.43 bits per heavy atom. The molecule has 0 unspecified atom stereocenters. The molecule has 0 amide bonds. The van der Waals surface area contributed by atoms with Crippen molar-refractivity contribution >= 4 is 42.2 Å². The molecule has 0 aliphatic heterocycles. The maximum atomic E-state index is 11.9. The average molecular weight is 513 g/mol. The zero-order chi connectivity index (χ0) is 26.3. The van der Waals surface area contributed by atoms with E-state index in [0.29, 0.717) is 5.13 Å². The number of aliphatic carboxylic acids is 1. The van der Waals surface area contributed by atoms with E-state index in [-0.39, 0.29) is 5.69 Å². The number of oxime groups is 1. The number of carboxylic acid groups (broad SMARTS) is 1. The Balaban J connectivity index is 1.79. The smallest absolute Gasteiger partial charge is 0.360 e. The second-order valence-electron chi connectivity index (χ2n) is 8.03. The molecule has 10 heteroatoms. The van der Waals surface area contributed by atoms with Crippen LogP contribution < -0.4 is 5.32 Å². The normalized spacial score (nSPS) is 12.4. The molecule has 37 heavy (non-hydrogen) atoms. The lowest BCUT2D eigenvalue weighted by Crippen LogP contribution is -2.38. The van der Waals surface area contributed by atoms with Gasteiger partial charge in [-0.25, -0.2) is 14.6 Å². The van der Waals surface area contributed by atoms with Crippen LogP contribution in [-0.2, 0) is 24.6 Å². The Bertz CT molecular complexity index is 1280. The van der Waals surface area contributed by atoms with Crippen LogP contribution >= 0.6 is 11.3 Å². The van der Waals surface area contributed by atoms with Crippen LogP contribution in [0.3, 0.4) is 0 Å². The molecule has 186 valence electrons. The number of aromatic nitrogens is 1. The van der Waals surface area contributed by atoms with E-state index in [0.717, 1.165) is 16.7 Å². The molecule has 0 spiro atoms. The lowest BCUT2D eigenvalue weighted by atomic mass is 9.77. The van der Waals surface area contributed by atoms with Crippen molar-refractivity contribution in [3.63, 3.8) is 0 Å². The molecule has 4 rings (SSSR count). The number of nitrogens with one attached hydrogen (secondary N) is 1. The van der Waals surface area contributed by atoms with E-state index >= 15 is 0 Å². The fourth-order valence-corrected chi connectivity index (χ4v) is 4.67. The molecule has 0 saturated heterocycles. The van der Waals surface area contributed by atoms with E-state index in [4.69, 9.17) is 4.84 Å². The number of hydrogen-bond donors (Lipinski definition) is 2. The minimum Gasteiger partial charge on any atom is -0.541 e. The van der Waals surface area contributed by atoms with Gasteiger partial charge < -0.3 is 19.9 Å². The molecular weight excluding hydrogens is 489 g/mol. The Hall–Kier alpha value is -4.44. The van der Waals surface area contributed by atoms with Crippen LogP contribution in [0.25, 0.3) is 0 Å². The zero-order valence-electron chi connectivity index (χ0n) is 20.2. The van der Waals surface area contributed by atoms with Gasteiger partial charge in [-0.1, -0.05) is 96.2 Å². The molecular formula is C27H24BN3O5S. The standard InChI is InChI=1S/C27H24BN3O5S/c1-18(25(34)35-28)36-31-23(24(32)33)22-17-37-26(29-22)30-27(19-11-5-2-6-12-19,20-13-7-3-8-14-20)21-15-9-4-10-16-21/h2-18H,28H2,1H3,(H,29,30)(H,32,33)/b31-23-/t18-/m0/s1. The van der Waals surface area contributed by atoms with Crippen molar-refractivity contribution in [2.75, 3.05) is 5.32 Å². The molecule has 8 nitrogen and oxygen atoms in total. The van der Waals surface area contributed by atoms with Crippen LogP contribution in [-0.4, -0.2) is 41.9 Å². The quantitative estimate of drug-likeness (QED) is 0.144. The first-order valence-corrected chi connectivity index (χ1v) is 12.3. The Kier molecular flexibility index (Phi) is 8.00. The minimum absolute atomic E-state index is 0.0974. The van der Waals surface area contributed by atoms with Crippen molar-refractivity contribution in [1.82, 2.24) is 4.98 Å². The van der Waals surface area contributed by atoms with E-state index in [1.54, 1.807) is 5.38 Å². The van der Waals surface area contributed by atoms with Crippen LogP contribution in [0.15, 0.2) is 102 Å². The van der Waals surface area contributed by atoms with Gasteiger partial charge in [-0.15, -0.1) is 11.3 Å². The van der Waals surface area contributed by atoms with E-state index in [1.165, 1.54) is 26.3 Å². The zero-order valence-corrected chi connectivity index (χ0v) is 21.0. The van der Waals surface area contributed by atoms with Crippen LogP contribution in [0, 0.1) is 0 Å². The molecule has 1 aromatic heterocycles. The molecule has 3 aromatic carbocycles. The van der Waals surface area contributed by atoms with Crippen molar-refractivity contribution in [2.24, 2.45) is 5.16 Å². The second kappa shape index (κ2) is 11.5. The van der Waals surface area contributed by atoms with Crippen molar-refractivity contribution in [2.45, 2.75) is 18.6 Å². The Labute approximate surface area is 219 Å². The summed E-state index contributed by atoms with van der Waals surface area (Å²) in [6, 6.07) is 29.9. The van der Waals surface area contributed by atoms with Crippen molar-refractivity contribution in [3.8, 4) is 0 Å².